The molecule has 33 nitrogen and oxygen atoms in total. The zero-order valence-electron chi connectivity index (χ0n) is 76.2. The molecular weight excluding hydrogens is 1600 g/mol. The number of esters is 6. The minimum absolute atomic E-state index is 0.0554. The van der Waals surface area contributed by atoms with Crippen molar-refractivity contribution in [2.45, 2.75) is 283 Å². The summed E-state index contributed by atoms with van der Waals surface area (Å²) in [6.45, 7) is 71.7. The van der Waals surface area contributed by atoms with Crippen molar-refractivity contribution in [1.82, 2.24) is 0 Å². The lowest BCUT2D eigenvalue weighted by Gasteiger charge is -2.28. The van der Waals surface area contributed by atoms with Crippen LogP contribution in [0.2, 0.25) is 0 Å². The molecule has 0 saturated heterocycles. The van der Waals surface area contributed by atoms with Gasteiger partial charge in [0.1, 0.15) is 12.2 Å². The molecule has 6 aromatic rings. The molecule has 6 heterocycles. The summed E-state index contributed by atoms with van der Waals surface area (Å²) < 4.78 is 103. The Kier molecular flexibility index (Phi) is 45.9. The molecule has 0 unspecified atom stereocenters. The van der Waals surface area contributed by atoms with Gasteiger partial charge in [0.2, 0.25) is 0 Å². The maximum Gasteiger partial charge on any atom is 0.519 e. The van der Waals surface area contributed by atoms with E-state index < -0.39 is 63.9 Å². The van der Waals surface area contributed by atoms with Crippen molar-refractivity contribution in [1.29, 1.82) is 0 Å². The summed E-state index contributed by atoms with van der Waals surface area (Å²) >= 11 is 0. The van der Waals surface area contributed by atoms with Crippen LogP contribution in [0.15, 0.2) is 155 Å². The molecule has 0 saturated carbocycles. The number of ether oxygens (including phenoxy) is 9. The number of hydrogen-bond acceptors (Lipinski definition) is 33. The van der Waals surface area contributed by atoms with Crippen LogP contribution in [0.4, 0.5) is 0 Å². The molecule has 6 aromatic heterocycles. The topological polar surface area (TPSA) is 446 Å². The van der Waals surface area contributed by atoms with Crippen molar-refractivity contribution in [2.75, 3.05) is 13.2 Å². The fourth-order valence-electron chi connectivity index (χ4n) is 9.47. The van der Waals surface area contributed by atoms with Crippen molar-refractivity contribution >= 4 is 35.8 Å². The molecule has 6 rings (SSSR count). The smallest absolute Gasteiger partial charge is 0.498 e. The van der Waals surface area contributed by atoms with E-state index in [2.05, 4.69) is 98.7 Å². The van der Waals surface area contributed by atoms with Crippen molar-refractivity contribution in [2.24, 2.45) is 51.8 Å². The molecule has 0 aliphatic rings. The Bertz CT molecular complexity index is 4420. The quantitative estimate of drug-likeness (QED) is 0.0149. The molecule has 0 bridgehead atoms. The lowest BCUT2D eigenvalue weighted by molar-refractivity contribution is -0.158. The second-order valence-corrected chi connectivity index (χ2v) is 33.5. The number of allylic oxidation sites excluding steroid dienone is 6. The van der Waals surface area contributed by atoms with Gasteiger partial charge in [0.15, 0.2) is 109 Å². The number of aryl methyl sites for hydroxylation is 6. The van der Waals surface area contributed by atoms with E-state index in [0.29, 0.717) is 82.4 Å². The van der Waals surface area contributed by atoms with Crippen LogP contribution in [0.25, 0.3) is 0 Å². The molecule has 0 N–H and O–H groups in total. The Morgan fingerprint density at radius 2 is 0.557 bits per heavy atom. The minimum Gasteiger partial charge on any atom is -0.498 e. The van der Waals surface area contributed by atoms with Gasteiger partial charge in [-0.25, -0.2) is 28.8 Å². The Morgan fingerprint density at radius 1 is 0.295 bits per heavy atom. The van der Waals surface area contributed by atoms with E-state index >= 15 is 0 Å². The van der Waals surface area contributed by atoms with Gasteiger partial charge < -0.3 is 95.6 Å². The highest BCUT2D eigenvalue weighted by Gasteiger charge is 2.33. The largest absolute Gasteiger partial charge is 0.519 e. The van der Waals surface area contributed by atoms with Crippen molar-refractivity contribution < 1.29 is 124 Å². The molecule has 0 spiro atoms. The molecule has 0 aliphatic carbocycles. The summed E-state index contributed by atoms with van der Waals surface area (Å²) in [6.07, 6.45) is 4.09. The van der Waals surface area contributed by atoms with Gasteiger partial charge >= 0.3 is 70.8 Å². The van der Waals surface area contributed by atoms with Crippen molar-refractivity contribution in [3.63, 3.8) is 0 Å². The van der Waals surface area contributed by atoms with Crippen molar-refractivity contribution in [3.8, 4) is 0 Å². The number of carbonyl (C=O) groups is 6. The van der Waals surface area contributed by atoms with Gasteiger partial charge in [-0.05, 0) is 124 Å². The third kappa shape index (κ3) is 44.3. The summed E-state index contributed by atoms with van der Waals surface area (Å²) in [5.41, 5.74) is 1.37. The molecule has 0 radical (unpaired) electrons. The number of rotatable bonds is 42. The predicted octanol–water partition coefficient (Wildman–Crippen LogP) is 18.1. The van der Waals surface area contributed by atoms with E-state index in [-0.39, 0.29) is 160 Å². The molecule has 0 aliphatic heterocycles. The maximum absolute atomic E-state index is 12.1. The van der Waals surface area contributed by atoms with Gasteiger partial charge in [-0.1, -0.05) is 167 Å². The normalized spacial score (nSPS) is 11.3. The van der Waals surface area contributed by atoms with Gasteiger partial charge in [0.05, 0.1) is 55.0 Å². The summed E-state index contributed by atoms with van der Waals surface area (Å²) in [6, 6.07) is 0. The third-order valence-electron chi connectivity index (χ3n) is 17.8. The first-order valence-electron chi connectivity index (χ1n) is 39.8. The second-order valence-electron chi connectivity index (χ2n) is 33.5. The standard InChI is InChI=1S/2C16H24O5.2C15H22O6.C14H20O5.C13H18O6/c2*1-10(2)11(3)7-16(5,6)8-14(17)19-9-13-12(4)20-15(18)21-13;1-9(2)10(3)21-15(5,6)7-13(16)18-8-12-11(4)19-14(17)20-12;1-9(2)10(3)19-8-15(5,6)13(16)18-7-12-11(4)20-14(17)21-12;1-9(2)10(3)6-5-7-13(15)17-8-12-11(4)18-14(16)19-12;1-8(2)9(3)16-6-5-12(14)17-7-11-10(4)18-13(15)19-11/h2*10H,3,7-9H2,1-2,4-6H3;2*9H,3,7-8H2,1-2,4-6H3;9H,3,5-8H2,1-2,4H3;8H,3,5-7H2,1-2,4H3. The number of carbonyl (C=O) groups excluding carboxylic acids is 6. The lowest BCUT2D eigenvalue weighted by atomic mass is 9.80. The SMILES string of the molecule is C=C(CC(C)(C)CC(=O)OCc1oc(=O)oc1C)C(C)C.C=C(CC(C)(C)CC(=O)OCc1oc(=O)oc1C)C(C)C.C=C(CCCC(=O)OCc1oc(=O)oc1C)C(C)C.C=C(OC(C)(C)CC(=O)OCc1oc(=O)oc1C)C(C)C.C=C(OCC(C)(C)C(=O)OCc1oc(=O)oc1C)C(C)C.C=C(OCCC(=O)OCc1oc(=O)oc1C)C(C)C. The molecule has 122 heavy (non-hydrogen) atoms. The summed E-state index contributed by atoms with van der Waals surface area (Å²) in [7, 11) is 0. The van der Waals surface area contributed by atoms with E-state index in [9.17, 15) is 57.5 Å². The molecule has 0 atom stereocenters. The second kappa shape index (κ2) is 51.5. The number of hydrogen-bond donors (Lipinski definition) is 0. The van der Waals surface area contributed by atoms with Crippen LogP contribution in [0.5, 0.6) is 0 Å². The molecule has 0 fully saturated rings. The van der Waals surface area contributed by atoms with Gasteiger partial charge in [-0.3, -0.25) is 28.8 Å². The first kappa shape index (κ1) is 109. The minimum atomic E-state index is -0.838. The van der Waals surface area contributed by atoms with Gasteiger partial charge in [0.25, 0.3) is 0 Å². The van der Waals surface area contributed by atoms with Crippen LogP contribution in [-0.4, -0.2) is 54.6 Å². The third-order valence-corrected chi connectivity index (χ3v) is 17.8. The van der Waals surface area contributed by atoms with Crippen LogP contribution in [-0.2, 0) is 111 Å². The molecule has 33 heteroatoms. The summed E-state index contributed by atoms with van der Waals surface area (Å²) in [5, 5.41) is 0. The summed E-state index contributed by atoms with van der Waals surface area (Å²) in [5.74, 6) is -0.197. The van der Waals surface area contributed by atoms with E-state index in [1.165, 1.54) is 0 Å². The van der Waals surface area contributed by atoms with Crippen LogP contribution in [0.1, 0.15) is 265 Å². The van der Waals surface area contributed by atoms with E-state index in [0.717, 1.165) is 36.0 Å². The van der Waals surface area contributed by atoms with Gasteiger partial charge in [-0.15, -0.1) is 0 Å². The lowest BCUT2D eigenvalue weighted by Crippen LogP contribution is -2.31. The fraction of sp³-hybridized carbons (Fsp3) is 0.596. The highest BCUT2D eigenvalue weighted by Crippen LogP contribution is 2.34. The highest BCUT2D eigenvalue weighted by molar-refractivity contribution is 5.76. The molecule has 0 aromatic carbocycles. The Morgan fingerprint density at radius 3 is 0.828 bits per heavy atom. The Labute approximate surface area is 711 Å². The first-order valence-corrected chi connectivity index (χ1v) is 39.8. The summed E-state index contributed by atoms with van der Waals surface area (Å²) in [4.78, 5) is 136. The Balaban J connectivity index is 0.000000732. The van der Waals surface area contributed by atoms with Gasteiger partial charge in [-0.2, -0.15) is 0 Å². The average molecular weight is 1730 g/mol. The van der Waals surface area contributed by atoms with Crippen molar-refractivity contribution in [3.05, 3.63) is 206 Å². The average Bonchev–Trinajstić information content (AvgIpc) is 1.82. The zero-order valence-corrected chi connectivity index (χ0v) is 76.2. The fourth-order valence-corrected chi connectivity index (χ4v) is 9.47. The molecular formula is C89H130O33. The monoisotopic (exact) mass is 1730 g/mol. The highest BCUT2D eigenvalue weighted by atomic mass is 16.6. The molecule has 684 valence electrons. The van der Waals surface area contributed by atoms with Crippen LogP contribution in [0.3, 0.4) is 0 Å². The Hall–Kier alpha value is -11.3. The van der Waals surface area contributed by atoms with Crippen LogP contribution in [0, 0.1) is 93.3 Å². The van der Waals surface area contributed by atoms with E-state index in [4.69, 9.17) is 78.0 Å². The van der Waals surface area contributed by atoms with Gasteiger partial charge in [0, 0.05) is 24.2 Å². The maximum atomic E-state index is 12.1. The van der Waals surface area contributed by atoms with Crippen LogP contribution < -0.4 is 34.9 Å². The first-order chi connectivity index (χ1) is 56.2. The molecule has 0 amide bonds. The predicted molar refractivity (Wildman–Crippen MR) is 444 cm³/mol. The van der Waals surface area contributed by atoms with E-state index in [1.54, 1.807) is 69.2 Å². The zero-order chi connectivity index (χ0) is 93.7. The van der Waals surface area contributed by atoms with E-state index in [1.807, 2.05) is 69.2 Å². The van der Waals surface area contributed by atoms with Crippen LogP contribution >= 0.6 is 0 Å².